The van der Waals surface area contributed by atoms with Crippen LogP contribution in [0.1, 0.15) is 24.8 Å². The molecule has 1 spiro atoms. The molecule has 4 heterocycles. The maximum absolute atomic E-state index is 12.8. The van der Waals surface area contributed by atoms with E-state index in [1.54, 1.807) is 12.3 Å². The highest BCUT2D eigenvalue weighted by atomic mass is 16.5. The number of likely N-dealkylation sites (tertiary alicyclic amines) is 2. The van der Waals surface area contributed by atoms with Gasteiger partial charge in [0, 0.05) is 38.5 Å². The van der Waals surface area contributed by atoms with Gasteiger partial charge in [0.15, 0.2) is 0 Å². The molecule has 2 aromatic rings. The van der Waals surface area contributed by atoms with Gasteiger partial charge in [0.1, 0.15) is 12.9 Å². The Kier molecular flexibility index (Phi) is 6.28. The van der Waals surface area contributed by atoms with E-state index in [9.17, 15) is 9.59 Å². The Hall–Kier alpha value is -3.57. The number of tetrazole rings is 1. The van der Waals surface area contributed by atoms with Gasteiger partial charge in [-0.15, -0.1) is 5.10 Å². The molecule has 12 nitrogen and oxygen atoms in total. The van der Waals surface area contributed by atoms with Crippen molar-refractivity contribution >= 4 is 17.9 Å². The van der Waals surface area contributed by atoms with Crippen LogP contribution < -0.4 is 9.47 Å². The second-order valence-electron chi connectivity index (χ2n) is 8.05. The Morgan fingerprint density at radius 3 is 2.53 bits per heavy atom. The lowest BCUT2D eigenvalue weighted by Crippen LogP contribution is -2.45. The largest absolute Gasteiger partial charge is 0.480 e. The third kappa shape index (κ3) is 4.68. The summed E-state index contributed by atoms with van der Waals surface area (Å²) >= 11 is 0. The summed E-state index contributed by atoms with van der Waals surface area (Å²) in [6.07, 6.45) is 8.87. The first kappa shape index (κ1) is 21.7. The standard InChI is InChI=1S/C20H26N8O4/c1-31-18-15(11-21-19(23-18)32-2)3-4-16(29)27-10-7-20(13-27)5-8-26(9-6-20)17(30)12-28-14-22-24-25-28/h3-4,11,14H,5-10,12-13H2,1-2H3. The molecule has 2 amide bonds. The molecular weight excluding hydrogens is 416 g/mol. The van der Waals surface area contributed by atoms with E-state index in [4.69, 9.17) is 9.47 Å². The molecule has 12 heteroatoms. The highest BCUT2D eigenvalue weighted by molar-refractivity contribution is 5.92. The molecule has 0 aliphatic carbocycles. The van der Waals surface area contributed by atoms with Crippen molar-refractivity contribution in [3.05, 3.63) is 24.2 Å². The number of hydrogen-bond donors (Lipinski definition) is 0. The van der Waals surface area contributed by atoms with Gasteiger partial charge in [-0.25, -0.2) is 9.67 Å². The average Bonchev–Trinajstić information content (AvgIpc) is 3.48. The molecule has 0 N–H and O–H groups in total. The second kappa shape index (κ2) is 9.28. The molecule has 0 saturated carbocycles. The SMILES string of the molecule is COc1ncc(C=CC(=O)N2CCC3(CCN(C(=O)Cn4cnnn4)CC3)C2)c(OC)n1. The molecule has 170 valence electrons. The van der Waals surface area contributed by atoms with Crippen molar-refractivity contribution in [2.75, 3.05) is 40.4 Å². The normalized spacial score (nSPS) is 17.8. The number of ether oxygens (including phenoxy) is 2. The lowest BCUT2D eigenvalue weighted by Gasteiger charge is -2.39. The quantitative estimate of drug-likeness (QED) is 0.569. The maximum atomic E-state index is 12.8. The zero-order chi connectivity index (χ0) is 22.6. The van der Waals surface area contributed by atoms with E-state index in [0.717, 1.165) is 19.3 Å². The van der Waals surface area contributed by atoms with Crippen molar-refractivity contribution < 1.29 is 19.1 Å². The molecule has 0 radical (unpaired) electrons. The second-order valence-corrected chi connectivity index (χ2v) is 8.05. The van der Waals surface area contributed by atoms with Crippen molar-refractivity contribution in [3.63, 3.8) is 0 Å². The van der Waals surface area contributed by atoms with Crippen LogP contribution in [0.4, 0.5) is 0 Å². The fraction of sp³-hybridized carbons (Fsp3) is 0.550. The zero-order valence-electron chi connectivity index (χ0n) is 18.2. The summed E-state index contributed by atoms with van der Waals surface area (Å²) in [5.41, 5.74) is 0.667. The van der Waals surface area contributed by atoms with Crippen molar-refractivity contribution in [2.45, 2.75) is 25.8 Å². The smallest absolute Gasteiger partial charge is 0.319 e. The van der Waals surface area contributed by atoms with Crippen LogP contribution in [-0.2, 0) is 16.1 Å². The van der Waals surface area contributed by atoms with Crippen molar-refractivity contribution in [1.29, 1.82) is 0 Å². The highest BCUT2D eigenvalue weighted by Gasteiger charge is 2.42. The average molecular weight is 442 g/mol. The number of aromatic nitrogens is 6. The van der Waals surface area contributed by atoms with Crippen LogP contribution >= 0.6 is 0 Å². The Balaban J connectivity index is 1.31. The van der Waals surface area contributed by atoms with Gasteiger partial charge in [0.2, 0.25) is 17.7 Å². The van der Waals surface area contributed by atoms with Crippen molar-refractivity contribution in [3.8, 4) is 11.9 Å². The number of nitrogens with zero attached hydrogens (tertiary/aromatic N) is 8. The summed E-state index contributed by atoms with van der Waals surface area (Å²) in [4.78, 5) is 37.1. The molecule has 0 aromatic carbocycles. The van der Waals surface area contributed by atoms with E-state index < -0.39 is 0 Å². The highest BCUT2D eigenvalue weighted by Crippen LogP contribution is 2.40. The van der Waals surface area contributed by atoms with E-state index in [1.165, 1.54) is 31.3 Å². The maximum Gasteiger partial charge on any atom is 0.319 e. The number of carbonyl (C=O) groups is 2. The minimum Gasteiger partial charge on any atom is -0.480 e. The summed E-state index contributed by atoms with van der Waals surface area (Å²) in [5, 5.41) is 10.9. The van der Waals surface area contributed by atoms with Gasteiger partial charge in [-0.1, -0.05) is 0 Å². The lowest BCUT2D eigenvalue weighted by atomic mass is 9.78. The van der Waals surface area contributed by atoms with Crippen LogP contribution in [0.15, 0.2) is 18.6 Å². The predicted octanol–water partition coefficient (Wildman–Crippen LogP) is 0.0348. The first-order chi connectivity index (χ1) is 15.5. The molecule has 0 unspecified atom stereocenters. The van der Waals surface area contributed by atoms with E-state index in [2.05, 4.69) is 25.5 Å². The molecule has 4 rings (SSSR count). The number of hydrogen-bond acceptors (Lipinski definition) is 9. The number of rotatable bonds is 6. The zero-order valence-corrected chi connectivity index (χ0v) is 18.2. The Morgan fingerprint density at radius 1 is 1.12 bits per heavy atom. The summed E-state index contributed by atoms with van der Waals surface area (Å²) in [5.74, 6) is 0.297. The first-order valence-corrected chi connectivity index (χ1v) is 10.4. The minimum absolute atomic E-state index is 0.0108. The molecule has 2 saturated heterocycles. The molecule has 2 aliphatic heterocycles. The number of piperidine rings is 1. The van der Waals surface area contributed by atoms with E-state index in [0.29, 0.717) is 37.6 Å². The Bertz CT molecular complexity index is 985. The number of amides is 2. The van der Waals surface area contributed by atoms with Gasteiger partial charge < -0.3 is 19.3 Å². The molecule has 0 atom stereocenters. The summed E-state index contributed by atoms with van der Waals surface area (Å²) in [6.45, 7) is 2.91. The van der Waals surface area contributed by atoms with Crippen LogP contribution in [-0.4, -0.2) is 92.2 Å². The summed E-state index contributed by atoms with van der Waals surface area (Å²) < 4.78 is 11.7. The predicted molar refractivity (Wildman–Crippen MR) is 111 cm³/mol. The van der Waals surface area contributed by atoms with Crippen LogP contribution in [0, 0.1) is 5.41 Å². The van der Waals surface area contributed by atoms with Crippen LogP contribution in [0.3, 0.4) is 0 Å². The van der Waals surface area contributed by atoms with E-state index in [1.807, 2.05) is 9.80 Å². The van der Waals surface area contributed by atoms with Gasteiger partial charge in [-0.3, -0.25) is 9.59 Å². The van der Waals surface area contributed by atoms with Gasteiger partial charge >= 0.3 is 6.01 Å². The van der Waals surface area contributed by atoms with E-state index in [-0.39, 0.29) is 29.8 Å². The molecular formula is C20H26N8O4. The van der Waals surface area contributed by atoms with Crippen LogP contribution in [0.25, 0.3) is 6.08 Å². The fourth-order valence-corrected chi connectivity index (χ4v) is 4.26. The summed E-state index contributed by atoms with van der Waals surface area (Å²) in [7, 11) is 2.98. The van der Waals surface area contributed by atoms with Crippen molar-refractivity contribution in [1.82, 2.24) is 40.0 Å². The summed E-state index contributed by atoms with van der Waals surface area (Å²) in [6, 6.07) is 0.203. The lowest BCUT2D eigenvalue weighted by molar-refractivity contribution is -0.134. The van der Waals surface area contributed by atoms with Gasteiger partial charge in [-0.05, 0) is 41.2 Å². The van der Waals surface area contributed by atoms with E-state index >= 15 is 0 Å². The molecule has 32 heavy (non-hydrogen) atoms. The monoisotopic (exact) mass is 442 g/mol. The van der Waals surface area contributed by atoms with Gasteiger partial charge in [0.05, 0.1) is 19.8 Å². The first-order valence-electron chi connectivity index (χ1n) is 10.4. The number of carbonyl (C=O) groups excluding carboxylic acids is 2. The minimum atomic E-state index is -0.0584. The number of methoxy groups -OCH3 is 2. The van der Waals surface area contributed by atoms with Gasteiger partial charge in [-0.2, -0.15) is 4.98 Å². The topological polar surface area (TPSA) is 128 Å². The molecule has 2 aromatic heterocycles. The Morgan fingerprint density at radius 2 is 1.88 bits per heavy atom. The van der Waals surface area contributed by atoms with Gasteiger partial charge in [0.25, 0.3) is 0 Å². The Labute approximate surface area is 185 Å². The molecule has 2 aliphatic rings. The van der Waals surface area contributed by atoms with Crippen LogP contribution in [0.2, 0.25) is 0 Å². The molecule has 0 bridgehead atoms. The fourth-order valence-electron chi connectivity index (χ4n) is 4.26. The van der Waals surface area contributed by atoms with Crippen molar-refractivity contribution in [2.24, 2.45) is 5.41 Å². The third-order valence-corrected chi connectivity index (χ3v) is 6.16. The van der Waals surface area contributed by atoms with Crippen LogP contribution in [0.5, 0.6) is 11.9 Å². The molecule has 2 fully saturated rings. The third-order valence-electron chi connectivity index (χ3n) is 6.16.